The molecule has 0 fully saturated rings. The molecule has 0 spiro atoms. The highest BCUT2D eigenvalue weighted by molar-refractivity contribution is 6.74. The number of carbonyl (C=O) groups is 1. The van der Waals surface area contributed by atoms with Crippen LogP contribution in [0.2, 0.25) is 18.1 Å². The predicted octanol–water partition coefficient (Wildman–Crippen LogP) is 4.67. The molecule has 0 aliphatic rings. The number of rotatable bonds is 5. The van der Waals surface area contributed by atoms with Gasteiger partial charge in [-0.1, -0.05) is 20.8 Å². The molecule has 1 amide bonds. The zero-order chi connectivity index (χ0) is 18.6. The van der Waals surface area contributed by atoms with Gasteiger partial charge < -0.3 is 14.5 Å². The molecule has 136 valence electrons. The van der Waals surface area contributed by atoms with Crippen LogP contribution in [-0.4, -0.2) is 31.6 Å². The van der Waals surface area contributed by atoms with Gasteiger partial charge in [0, 0.05) is 12.4 Å². The normalized spacial score (nSPS) is 14.2. The minimum Gasteiger partial charge on any atom is -0.444 e. The molecule has 1 rings (SSSR count). The lowest BCUT2D eigenvalue weighted by Crippen LogP contribution is -2.44. The van der Waals surface area contributed by atoms with E-state index in [1.54, 1.807) is 12.4 Å². The van der Waals surface area contributed by atoms with Gasteiger partial charge in [-0.25, -0.2) is 4.79 Å². The van der Waals surface area contributed by atoms with E-state index in [0.29, 0.717) is 6.61 Å². The third-order valence-corrected chi connectivity index (χ3v) is 8.72. The number of carbonyl (C=O) groups excluding carboxylic acids is 1. The quantitative estimate of drug-likeness (QED) is 0.782. The van der Waals surface area contributed by atoms with Gasteiger partial charge in [0.1, 0.15) is 5.60 Å². The van der Waals surface area contributed by atoms with Gasteiger partial charge in [-0.3, -0.25) is 4.98 Å². The van der Waals surface area contributed by atoms with Crippen LogP contribution in [0.5, 0.6) is 0 Å². The Morgan fingerprint density at radius 1 is 1.17 bits per heavy atom. The van der Waals surface area contributed by atoms with E-state index >= 15 is 0 Å². The lowest BCUT2D eigenvalue weighted by molar-refractivity contribution is 0.0484. The van der Waals surface area contributed by atoms with Crippen molar-refractivity contribution in [2.24, 2.45) is 0 Å². The molecule has 5 nitrogen and oxygen atoms in total. The van der Waals surface area contributed by atoms with Crippen molar-refractivity contribution in [1.82, 2.24) is 10.3 Å². The maximum absolute atomic E-state index is 12.2. The summed E-state index contributed by atoms with van der Waals surface area (Å²) in [6, 6.07) is 3.51. The van der Waals surface area contributed by atoms with Crippen molar-refractivity contribution >= 4 is 14.4 Å². The Labute approximate surface area is 147 Å². The zero-order valence-electron chi connectivity index (χ0n) is 16.3. The summed E-state index contributed by atoms with van der Waals surface area (Å²) in [5.41, 5.74) is 0.419. The largest absolute Gasteiger partial charge is 0.444 e. The maximum atomic E-state index is 12.2. The minimum absolute atomic E-state index is 0.113. The van der Waals surface area contributed by atoms with Crippen LogP contribution in [0.25, 0.3) is 0 Å². The van der Waals surface area contributed by atoms with Crippen molar-refractivity contribution in [3.63, 3.8) is 0 Å². The highest BCUT2D eigenvalue weighted by atomic mass is 28.4. The van der Waals surface area contributed by atoms with Crippen LogP contribution >= 0.6 is 0 Å². The second-order valence-corrected chi connectivity index (χ2v) is 13.4. The summed E-state index contributed by atoms with van der Waals surface area (Å²) in [6.45, 7) is 16.9. The fraction of sp³-hybridized carbons (Fsp3) is 0.667. The van der Waals surface area contributed by atoms with Gasteiger partial charge in [-0.2, -0.15) is 0 Å². The van der Waals surface area contributed by atoms with E-state index in [4.69, 9.17) is 9.16 Å². The first-order chi connectivity index (χ1) is 10.8. The number of ether oxygens (including phenoxy) is 1. The topological polar surface area (TPSA) is 60.5 Å². The second kappa shape index (κ2) is 7.65. The molecule has 6 heteroatoms. The van der Waals surface area contributed by atoms with Crippen LogP contribution in [0.1, 0.15) is 53.1 Å². The molecule has 0 aromatic carbocycles. The van der Waals surface area contributed by atoms with Gasteiger partial charge in [0.2, 0.25) is 0 Å². The van der Waals surface area contributed by atoms with Crippen molar-refractivity contribution < 1.29 is 14.0 Å². The van der Waals surface area contributed by atoms with Crippen LogP contribution in [0, 0.1) is 0 Å². The summed E-state index contributed by atoms with van der Waals surface area (Å²) >= 11 is 0. The highest BCUT2D eigenvalue weighted by Gasteiger charge is 2.38. The summed E-state index contributed by atoms with van der Waals surface area (Å²) in [7, 11) is -1.91. The van der Waals surface area contributed by atoms with Gasteiger partial charge in [-0.15, -0.1) is 0 Å². The van der Waals surface area contributed by atoms with Crippen molar-refractivity contribution in [3.05, 3.63) is 30.1 Å². The SMILES string of the molecule is CC(C)(C)OC(=O)NC(CO[Si](C)(C)C(C)(C)C)c1ccncc1. The number of hydrogen-bond acceptors (Lipinski definition) is 4. The van der Waals surface area contributed by atoms with Crippen molar-refractivity contribution in [2.45, 2.75) is 71.3 Å². The molecular formula is C18H32N2O3Si. The Balaban J connectivity index is 2.86. The smallest absolute Gasteiger partial charge is 0.408 e. The number of hydrogen-bond donors (Lipinski definition) is 1. The molecule has 24 heavy (non-hydrogen) atoms. The van der Waals surface area contributed by atoms with Gasteiger partial charge in [0.05, 0.1) is 12.6 Å². The number of alkyl carbamates (subject to hydrolysis) is 1. The zero-order valence-corrected chi connectivity index (χ0v) is 17.3. The van der Waals surface area contributed by atoms with E-state index < -0.39 is 20.0 Å². The Morgan fingerprint density at radius 3 is 2.17 bits per heavy atom. The number of pyridine rings is 1. The average molecular weight is 353 g/mol. The van der Waals surface area contributed by atoms with Crippen LogP contribution in [0.15, 0.2) is 24.5 Å². The maximum Gasteiger partial charge on any atom is 0.408 e. The van der Waals surface area contributed by atoms with E-state index in [9.17, 15) is 4.79 Å². The Kier molecular flexibility index (Phi) is 6.58. The molecule has 1 unspecified atom stereocenters. The Morgan fingerprint density at radius 2 is 1.71 bits per heavy atom. The molecule has 0 saturated heterocycles. The van der Waals surface area contributed by atoms with Gasteiger partial charge in [0.15, 0.2) is 8.32 Å². The van der Waals surface area contributed by atoms with Gasteiger partial charge in [-0.05, 0) is 56.6 Å². The summed E-state index contributed by atoms with van der Waals surface area (Å²) in [5, 5.41) is 3.03. The van der Waals surface area contributed by atoms with Crippen molar-refractivity contribution in [1.29, 1.82) is 0 Å². The molecule has 0 bridgehead atoms. The average Bonchev–Trinajstić information content (AvgIpc) is 2.41. The number of amides is 1. The number of nitrogens with zero attached hydrogens (tertiary/aromatic N) is 1. The first kappa shape index (κ1) is 20.6. The Hall–Kier alpha value is -1.40. The molecule has 1 atom stereocenters. The van der Waals surface area contributed by atoms with Crippen LogP contribution in [0.3, 0.4) is 0 Å². The fourth-order valence-electron chi connectivity index (χ4n) is 1.77. The molecular weight excluding hydrogens is 320 g/mol. The van der Waals surface area contributed by atoms with E-state index in [-0.39, 0.29) is 11.1 Å². The van der Waals surface area contributed by atoms with E-state index in [2.05, 4.69) is 44.2 Å². The standard InChI is InChI=1S/C18H32N2O3Si/c1-17(2,3)23-16(21)20-15(14-9-11-19-12-10-14)13-22-24(7,8)18(4,5)6/h9-12,15H,13H2,1-8H3,(H,20,21). The molecule has 1 N–H and O–H groups in total. The van der Waals surface area contributed by atoms with E-state index in [1.165, 1.54) is 0 Å². The lowest BCUT2D eigenvalue weighted by Gasteiger charge is -2.37. The molecule has 1 aromatic heterocycles. The highest BCUT2D eigenvalue weighted by Crippen LogP contribution is 2.37. The van der Waals surface area contributed by atoms with Crippen LogP contribution in [-0.2, 0) is 9.16 Å². The molecule has 0 radical (unpaired) electrons. The van der Waals surface area contributed by atoms with Gasteiger partial charge in [0.25, 0.3) is 0 Å². The van der Waals surface area contributed by atoms with Crippen LogP contribution in [0.4, 0.5) is 4.79 Å². The number of aromatic nitrogens is 1. The summed E-state index contributed by atoms with van der Waals surface area (Å²) in [4.78, 5) is 16.2. The molecule has 1 aromatic rings. The van der Waals surface area contributed by atoms with E-state index in [0.717, 1.165) is 5.56 Å². The number of nitrogens with one attached hydrogen (secondary N) is 1. The third kappa shape index (κ3) is 6.61. The second-order valence-electron chi connectivity index (χ2n) is 8.55. The monoisotopic (exact) mass is 352 g/mol. The fourth-order valence-corrected chi connectivity index (χ4v) is 2.79. The summed E-state index contributed by atoms with van der Waals surface area (Å²) in [6.07, 6.45) is 2.99. The molecule has 0 aliphatic heterocycles. The van der Waals surface area contributed by atoms with Crippen molar-refractivity contribution in [3.8, 4) is 0 Å². The third-order valence-electron chi connectivity index (χ3n) is 4.22. The first-order valence-corrected chi connectivity index (χ1v) is 11.3. The predicted molar refractivity (Wildman–Crippen MR) is 99.5 cm³/mol. The minimum atomic E-state index is -1.91. The Bertz CT molecular complexity index is 533. The van der Waals surface area contributed by atoms with Crippen LogP contribution < -0.4 is 5.32 Å². The molecule has 1 heterocycles. The van der Waals surface area contributed by atoms with E-state index in [1.807, 2.05) is 32.9 Å². The summed E-state index contributed by atoms with van der Waals surface area (Å²) < 4.78 is 11.7. The molecule has 0 saturated carbocycles. The molecule has 0 aliphatic carbocycles. The van der Waals surface area contributed by atoms with Gasteiger partial charge >= 0.3 is 6.09 Å². The van der Waals surface area contributed by atoms with Crippen molar-refractivity contribution in [2.75, 3.05) is 6.61 Å². The lowest BCUT2D eigenvalue weighted by atomic mass is 10.1. The summed E-state index contributed by atoms with van der Waals surface area (Å²) in [5.74, 6) is 0. The first-order valence-electron chi connectivity index (χ1n) is 8.35.